The van der Waals surface area contributed by atoms with Gasteiger partial charge in [-0.05, 0) is 75.6 Å². The van der Waals surface area contributed by atoms with Gasteiger partial charge in [-0.3, -0.25) is 13.9 Å². The number of anilines is 1. The molecule has 2 amide bonds. The molecule has 2 aromatic carbocycles. The van der Waals surface area contributed by atoms with E-state index in [4.69, 9.17) is 34.8 Å². The zero-order valence-corrected chi connectivity index (χ0v) is 24.8. The summed E-state index contributed by atoms with van der Waals surface area (Å²) in [6.45, 7) is 7.65. The molecular formula is C26H34Cl3N3O4S. The van der Waals surface area contributed by atoms with Gasteiger partial charge in [-0.15, -0.1) is 0 Å². The zero-order chi connectivity index (χ0) is 28.0. The maximum atomic E-state index is 13.5. The van der Waals surface area contributed by atoms with E-state index in [1.165, 1.54) is 9.21 Å². The molecule has 2 aromatic rings. The number of nitrogens with one attached hydrogen (secondary N) is 1. The average Bonchev–Trinajstić information content (AvgIpc) is 2.76. The summed E-state index contributed by atoms with van der Waals surface area (Å²) in [5, 5.41) is 4.30. The summed E-state index contributed by atoms with van der Waals surface area (Å²) in [7, 11) is -3.59. The van der Waals surface area contributed by atoms with Crippen molar-refractivity contribution in [1.29, 1.82) is 0 Å². The number of carbonyl (C=O) groups excluding carboxylic acids is 2. The first-order valence-corrected chi connectivity index (χ1v) is 14.9. The van der Waals surface area contributed by atoms with E-state index in [0.717, 1.165) is 6.26 Å². The first-order chi connectivity index (χ1) is 17.1. The van der Waals surface area contributed by atoms with Crippen molar-refractivity contribution in [2.24, 2.45) is 0 Å². The van der Waals surface area contributed by atoms with E-state index in [9.17, 15) is 18.0 Å². The number of amides is 2. The summed E-state index contributed by atoms with van der Waals surface area (Å²) >= 11 is 18.4. The summed E-state index contributed by atoms with van der Waals surface area (Å²) in [6.07, 6.45) is 1.78. The van der Waals surface area contributed by atoms with E-state index in [1.807, 2.05) is 27.7 Å². The van der Waals surface area contributed by atoms with Crippen LogP contribution in [0, 0.1) is 0 Å². The standard InChI is InChI=1S/C26H34Cl3N3O4S/c1-6-23(25(34)30-26(2,3)4)31(17-18-9-10-20(28)16-22(18)29)24(33)8-7-15-32(37(5,35)36)21-13-11-19(27)12-14-21/h9-14,16,23H,6-8,15,17H2,1-5H3,(H,30,34)/t23-/m0/s1. The molecule has 0 aliphatic rings. The lowest BCUT2D eigenvalue weighted by molar-refractivity contribution is -0.142. The van der Waals surface area contributed by atoms with E-state index < -0.39 is 21.6 Å². The molecule has 0 aliphatic carbocycles. The van der Waals surface area contributed by atoms with Crippen molar-refractivity contribution in [3.8, 4) is 0 Å². The van der Waals surface area contributed by atoms with Crippen LogP contribution < -0.4 is 9.62 Å². The van der Waals surface area contributed by atoms with Crippen molar-refractivity contribution in [3.05, 3.63) is 63.1 Å². The third kappa shape index (κ3) is 9.67. The maximum absolute atomic E-state index is 13.5. The highest BCUT2D eigenvalue weighted by atomic mass is 35.5. The number of carbonyl (C=O) groups is 2. The predicted octanol–water partition coefficient (Wildman–Crippen LogP) is 5.92. The van der Waals surface area contributed by atoms with Crippen molar-refractivity contribution in [2.45, 2.75) is 65.1 Å². The van der Waals surface area contributed by atoms with E-state index in [-0.39, 0.29) is 37.7 Å². The Morgan fingerprint density at radius 1 is 1.00 bits per heavy atom. The van der Waals surface area contributed by atoms with Crippen LogP contribution >= 0.6 is 34.8 Å². The molecular weight excluding hydrogens is 557 g/mol. The van der Waals surface area contributed by atoms with Gasteiger partial charge >= 0.3 is 0 Å². The average molecular weight is 591 g/mol. The number of benzene rings is 2. The fraction of sp³-hybridized carbons (Fsp3) is 0.462. The highest BCUT2D eigenvalue weighted by molar-refractivity contribution is 7.92. The second kappa shape index (κ2) is 13.2. The summed E-state index contributed by atoms with van der Waals surface area (Å²) in [4.78, 5) is 28.1. The Labute approximate surface area is 235 Å². The van der Waals surface area contributed by atoms with Gasteiger partial charge < -0.3 is 10.2 Å². The zero-order valence-electron chi connectivity index (χ0n) is 21.7. The van der Waals surface area contributed by atoms with Crippen LogP contribution in [-0.4, -0.2) is 49.5 Å². The molecule has 11 heteroatoms. The second-order valence-electron chi connectivity index (χ2n) is 9.84. The van der Waals surface area contributed by atoms with Crippen molar-refractivity contribution >= 4 is 62.3 Å². The monoisotopic (exact) mass is 589 g/mol. The van der Waals surface area contributed by atoms with Crippen molar-refractivity contribution < 1.29 is 18.0 Å². The minimum atomic E-state index is -3.59. The number of nitrogens with zero attached hydrogens (tertiary/aromatic N) is 2. The molecule has 204 valence electrons. The van der Waals surface area contributed by atoms with Crippen LogP contribution in [0.4, 0.5) is 5.69 Å². The van der Waals surface area contributed by atoms with Gasteiger partial charge in [-0.2, -0.15) is 0 Å². The summed E-state index contributed by atoms with van der Waals surface area (Å²) in [5.74, 6) is -0.557. The number of hydrogen-bond acceptors (Lipinski definition) is 4. The summed E-state index contributed by atoms with van der Waals surface area (Å²) < 4.78 is 26.1. The van der Waals surface area contributed by atoms with Gasteiger partial charge in [0.2, 0.25) is 21.8 Å². The second-order valence-corrected chi connectivity index (χ2v) is 13.0. The summed E-state index contributed by atoms with van der Waals surface area (Å²) in [6, 6.07) is 10.7. The van der Waals surface area contributed by atoms with Gasteiger partial charge in [-0.1, -0.05) is 47.8 Å². The lowest BCUT2D eigenvalue weighted by Gasteiger charge is -2.33. The first-order valence-electron chi connectivity index (χ1n) is 11.9. The molecule has 0 unspecified atom stereocenters. The Bertz CT molecular complexity index is 1200. The molecule has 0 fully saturated rings. The third-order valence-corrected chi connectivity index (χ3v) is 7.54. The molecule has 0 saturated heterocycles. The summed E-state index contributed by atoms with van der Waals surface area (Å²) in [5.41, 5.74) is 0.631. The lowest BCUT2D eigenvalue weighted by atomic mass is 10.0. The van der Waals surface area contributed by atoms with Crippen molar-refractivity contribution in [3.63, 3.8) is 0 Å². The van der Waals surface area contributed by atoms with Gasteiger partial charge in [0.05, 0.1) is 11.9 Å². The number of halogens is 3. The molecule has 0 heterocycles. The van der Waals surface area contributed by atoms with Crippen molar-refractivity contribution in [2.75, 3.05) is 17.1 Å². The molecule has 0 radical (unpaired) electrons. The van der Waals surface area contributed by atoms with Crippen LogP contribution in [0.2, 0.25) is 15.1 Å². The van der Waals surface area contributed by atoms with E-state index in [0.29, 0.717) is 32.7 Å². The third-order valence-electron chi connectivity index (χ3n) is 5.51. The minimum Gasteiger partial charge on any atom is -0.350 e. The molecule has 0 saturated carbocycles. The highest BCUT2D eigenvalue weighted by Gasteiger charge is 2.31. The molecule has 2 rings (SSSR count). The molecule has 1 atom stereocenters. The molecule has 0 aliphatic heterocycles. The Kier molecular flexibility index (Phi) is 11.1. The first kappa shape index (κ1) is 31.2. The predicted molar refractivity (Wildman–Crippen MR) is 152 cm³/mol. The van der Waals surface area contributed by atoms with Crippen molar-refractivity contribution in [1.82, 2.24) is 10.2 Å². The van der Waals surface area contributed by atoms with Gasteiger partial charge in [0.25, 0.3) is 0 Å². The molecule has 0 aromatic heterocycles. The Morgan fingerprint density at radius 2 is 1.59 bits per heavy atom. The lowest BCUT2D eigenvalue weighted by Crippen LogP contribution is -2.53. The Hall–Kier alpha value is -2.00. The van der Waals surface area contributed by atoms with Gasteiger partial charge in [0, 0.05) is 40.1 Å². The van der Waals surface area contributed by atoms with Crippen LogP contribution in [0.1, 0.15) is 52.5 Å². The van der Waals surface area contributed by atoms with Crippen LogP contribution in [0.25, 0.3) is 0 Å². The van der Waals surface area contributed by atoms with E-state index >= 15 is 0 Å². The topological polar surface area (TPSA) is 86.8 Å². The SMILES string of the molecule is CC[C@@H](C(=O)NC(C)(C)C)N(Cc1ccc(Cl)cc1Cl)C(=O)CCCN(c1ccc(Cl)cc1)S(C)(=O)=O. The fourth-order valence-corrected chi connectivity index (χ4v) is 5.38. The number of hydrogen-bond donors (Lipinski definition) is 1. The number of rotatable bonds is 11. The molecule has 0 spiro atoms. The molecule has 1 N–H and O–H groups in total. The van der Waals surface area contributed by atoms with Crippen LogP contribution in [0.15, 0.2) is 42.5 Å². The van der Waals surface area contributed by atoms with Crippen LogP contribution in [0.3, 0.4) is 0 Å². The smallest absolute Gasteiger partial charge is 0.243 e. The van der Waals surface area contributed by atoms with Crippen LogP contribution in [0.5, 0.6) is 0 Å². The molecule has 0 bridgehead atoms. The fourth-order valence-electron chi connectivity index (χ4n) is 3.82. The quantitative estimate of drug-likeness (QED) is 0.352. The molecule has 7 nitrogen and oxygen atoms in total. The minimum absolute atomic E-state index is 0.0319. The highest BCUT2D eigenvalue weighted by Crippen LogP contribution is 2.25. The van der Waals surface area contributed by atoms with Gasteiger partial charge in [0.1, 0.15) is 6.04 Å². The van der Waals surface area contributed by atoms with E-state index in [1.54, 1.807) is 42.5 Å². The van der Waals surface area contributed by atoms with Crippen LogP contribution in [-0.2, 0) is 26.2 Å². The Morgan fingerprint density at radius 3 is 2.11 bits per heavy atom. The Balaban J connectivity index is 2.27. The van der Waals surface area contributed by atoms with E-state index in [2.05, 4.69) is 5.32 Å². The largest absolute Gasteiger partial charge is 0.350 e. The number of sulfonamides is 1. The van der Waals surface area contributed by atoms with Gasteiger partial charge in [0.15, 0.2) is 0 Å². The molecule has 37 heavy (non-hydrogen) atoms. The normalized spacial score (nSPS) is 12.6. The maximum Gasteiger partial charge on any atom is 0.243 e. The van der Waals surface area contributed by atoms with Gasteiger partial charge in [-0.25, -0.2) is 8.42 Å².